The number of aliphatic hydroxyl groups is 4. The van der Waals surface area contributed by atoms with Gasteiger partial charge in [0.1, 0.15) is 24.4 Å². The Hall–Kier alpha value is -0.200. The van der Waals surface area contributed by atoms with Crippen LogP contribution in [0.1, 0.15) is 13.8 Å². The molecule has 1 rings (SSSR count). The molecule has 5 atom stereocenters. The zero-order valence-corrected chi connectivity index (χ0v) is 8.37. The molecule has 0 aromatic rings. The van der Waals surface area contributed by atoms with Crippen molar-refractivity contribution in [2.45, 2.75) is 44.4 Å². The van der Waals surface area contributed by atoms with E-state index < -0.39 is 30.5 Å². The summed E-state index contributed by atoms with van der Waals surface area (Å²) in [6, 6.07) is 0. The van der Waals surface area contributed by atoms with Crippen LogP contribution in [0.25, 0.3) is 0 Å². The maximum atomic E-state index is 9.57. The summed E-state index contributed by atoms with van der Waals surface area (Å²) >= 11 is 0. The fourth-order valence-electron chi connectivity index (χ4n) is 1.68. The molecule has 5 heteroatoms. The third-order valence-electron chi connectivity index (χ3n) is 2.59. The average Bonchev–Trinajstić information content (AvgIpc) is 2.14. The number of aliphatic hydroxyl groups excluding tert-OH is 4. The van der Waals surface area contributed by atoms with Gasteiger partial charge in [-0.25, -0.2) is 0 Å². The Kier molecular flexibility index (Phi) is 3.86. The van der Waals surface area contributed by atoms with Crippen LogP contribution in [0.3, 0.4) is 0 Å². The highest BCUT2D eigenvalue weighted by molar-refractivity contribution is 4.92. The predicted octanol–water partition coefficient (Wildman–Crippen LogP) is -1.52. The smallest absolute Gasteiger partial charge is 0.111 e. The van der Waals surface area contributed by atoms with E-state index in [2.05, 4.69) is 0 Å². The van der Waals surface area contributed by atoms with Crippen LogP contribution in [0.4, 0.5) is 0 Å². The second-order valence-corrected chi connectivity index (χ2v) is 4.04. The number of ether oxygens (including phenoxy) is 1. The average molecular weight is 206 g/mol. The van der Waals surface area contributed by atoms with Gasteiger partial charge in [-0.2, -0.15) is 0 Å². The van der Waals surface area contributed by atoms with Crippen LogP contribution in [0.15, 0.2) is 0 Å². The van der Waals surface area contributed by atoms with Crippen LogP contribution < -0.4 is 0 Å². The largest absolute Gasteiger partial charge is 0.394 e. The Morgan fingerprint density at radius 1 is 1.07 bits per heavy atom. The van der Waals surface area contributed by atoms with Crippen LogP contribution >= 0.6 is 0 Å². The molecular formula is C9H18O5. The van der Waals surface area contributed by atoms with E-state index in [9.17, 15) is 15.3 Å². The highest BCUT2D eigenvalue weighted by atomic mass is 16.5. The van der Waals surface area contributed by atoms with Crippen molar-refractivity contribution >= 4 is 0 Å². The summed E-state index contributed by atoms with van der Waals surface area (Å²) in [4.78, 5) is 0. The summed E-state index contributed by atoms with van der Waals surface area (Å²) in [7, 11) is 0. The molecule has 1 saturated heterocycles. The first-order valence-corrected chi connectivity index (χ1v) is 4.79. The molecule has 84 valence electrons. The molecule has 1 fully saturated rings. The van der Waals surface area contributed by atoms with Gasteiger partial charge in [0.15, 0.2) is 0 Å². The molecule has 1 aliphatic heterocycles. The SMILES string of the molecule is CC(C)[C@@H]1O[C@H](CO)[C@@H](O)[C@H](O)[C@@H]1O. The van der Waals surface area contributed by atoms with Gasteiger partial charge in [0.25, 0.3) is 0 Å². The molecule has 14 heavy (non-hydrogen) atoms. The molecular weight excluding hydrogens is 188 g/mol. The quantitative estimate of drug-likeness (QED) is 0.441. The summed E-state index contributed by atoms with van der Waals surface area (Å²) in [5.74, 6) is 0.0150. The van der Waals surface area contributed by atoms with Crippen molar-refractivity contribution in [1.82, 2.24) is 0 Å². The van der Waals surface area contributed by atoms with E-state index in [-0.39, 0.29) is 12.5 Å². The van der Waals surface area contributed by atoms with E-state index in [0.29, 0.717) is 0 Å². The summed E-state index contributed by atoms with van der Waals surface area (Å²) in [5, 5.41) is 37.4. The van der Waals surface area contributed by atoms with Gasteiger partial charge in [-0.1, -0.05) is 13.8 Å². The lowest BCUT2D eigenvalue weighted by atomic mass is 9.90. The minimum Gasteiger partial charge on any atom is -0.394 e. The number of rotatable bonds is 2. The van der Waals surface area contributed by atoms with E-state index in [4.69, 9.17) is 9.84 Å². The lowest BCUT2D eigenvalue weighted by Crippen LogP contribution is -2.59. The molecule has 0 aromatic carbocycles. The Balaban J connectivity index is 2.73. The summed E-state index contributed by atoms with van der Waals surface area (Å²) < 4.78 is 5.28. The van der Waals surface area contributed by atoms with Gasteiger partial charge in [-0.05, 0) is 5.92 Å². The van der Waals surface area contributed by atoms with Crippen molar-refractivity contribution in [3.05, 3.63) is 0 Å². The summed E-state index contributed by atoms with van der Waals surface area (Å²) in [5.41, 5.74) is 0. The standard InChI is InChI=1S/C9H18O5/c1-4(2)9-8(13)7(12)6(11)5(3-10)14-9/h4-13H,3H2,1-2H3/t5-,6-,7+,8+,9+/m1/s1. The van der Waals surface area contributed by atoms with E-state index >= 15 is 0 Å². The van der Waals surface area contributed by atoms with Gasteiger partial charge < -0.3 is 25.2 Å². The van der Waals surface area contributed by atoms with Crippen LogP contribution in [-0.2, 0) is 4.74 Å². The maximum absolute atomic E-state index is 9.57. The molecule has 1 aliphatic rings. The number of hydrogen-bond acceptors (Lipinski definition) is 5. The molecule has 0 amide bonds. The van der Waals surface area contributed by atoms with Gasteiger partial charge in [0.2, 0.25) is 0 Å². The minimum absolute atomic E-state index is 0.0150. The van der Waals surface area contributed by atoms with E-state index in [0.717, 1.165) is 0 Å². The zero-order valence-electron chi connectivity index (χ0n) is 8.37. The van der Waals surface area contributed by atoms with Crippen LogP contribution in [0.2, 0.25) is 0 Å². The highest BCUT2D eigenvalue weighted by Crippen LogP contribution is 2.25. The van der Waals surface area contributed by atoms with Gasteiger partial charge in [0.05, 0.1) is 12.7 Å². The molecule has 5 nitrogen and oxygen atoms in total. The van der Waals surface area contributed by atoms with Gasteiger partial charge in [-0.3, -0.25) is 0 Å². The second kappa shape index (κ2) is 4.55. The Bertz CT molecular complexity index is 182. The predicted molar refractivity (Wildman–Crippen MR) is 48.6 cm³/mol. The molecule has 0 bridgehead atoms. The van der Waals surface area contributed by atoms with Crippen LogP contribution in [0.5, 0.6) is 0 Å². The lowest BCUT2D eigenvalue weighted by molar-refractivity contribution is -0.238. The minimum atomic E-state index is -1.26. The summed E-state index contributed by atoms with van der Waals surface area (Å²) in [6.45, 7) is 3.31. The normalized spacial score (nSPS) is 44.4. The molecule has 0 radical (unpaired) electrons. The fraction of sp³-hybridized carbons (Fsp3) is 1.00. The van der Waals surface area contributed by atoms with Gasteiger partial charge >= 0.3 is 0 Å². The van der Waals surface area contributed by atoms with Crippen molar-refractivity contribution in [3.8, 4) is 0 Å². The third kappa shape index (κ3) is 2.07. The van der Waals surface area contributed by atoms with Crippen molar-refractivity contribution < 1.29 is 25.2 Å². The molecule has 4 N–H and O–H groups in total. The fourth-order valence-corrected chi connectivity index (χ4v) is 1.68. The first-order valence-electron chi connectivity index (χ1n) is 4.79. The number of hydrogen-bond donors (Lipinski definition) is 4. The summed E-state index contributed by atoms with van der Waals surface area (Å²) in [6.07, 6.45) is -4.96. The van der Waals surface area contributed by atoms with Crippen LogP contribution in [-0.4, -0.2) is 57.6 Å². The molecule has 0 aromatic heterocycles. The lowest BCUT2D eigenvalue weighted by Gasteiger charge is -2.41. The molecule has 0 saturated carbocycles. The Morgan fingerprint density at radius 2 is 1.64 bits per heavy atom. The Morgan fingerprint density at radius 3 is 2.07 bits per heavy atom. The van der Waals surface area contributed by atoms with Crippen molar-refractivity contribution in [2.75, 3.05) is 6.61 Å². The first-order chi connectivity index (χ1) is 6.49. The van der Waals surface area contributed by atoms with Crippen molar-refractivity contribution in [1.29, 1.82) is 0 Å². The second-order valence-electron chi connectivity index (χ2n) is 4.04. The molecule has 0 aliphatic carbocycles. The van der Waals surface area contributed by atoms with Crippen molar-refractivity contribution in [2.24, 2.45) is 5.92 Å². The Labute approximate surface area is 82.9 Å². The van der Waals surface area contributed by atoms with E-state index in [1.165, 1.54) is 0 Å². The molecule has 0 spiro atoms. The van der Waals surface area contributed by atoms with Crippen LogP contribution in [0, 0.1) is 5.92 Å². The van der Waals surface area contributed by atoms with E-state index in [1.54, 1.807) is 0 Å². The first kappa shape index (κ1) is 11.9. The molecule has 1 heterocycles. The monoisotopic (exact) mass is 206 g/mol. The highest BCUT2D eigenvalue weighted by Gasteiger charge is 2.44. The van der Waals surface area contributed by atoms with Gasteiger partial charge in [-0.15, -0.1) is 0 Å². The topological polar surface area (TPSA) is 90.2 Å². The van der Waals surface area contributed by atoms with E-state index in [1.807, 2.05) is 13.8 Å². The zero-order chi connectivity index (χ0) is 10.9. The maximum Gasteiger partial charge on any atom is 0.111 e. The van der Waals surface area contributed by atoms with Crippen molar-refractivity contribution in [3.63, 3.8) is 0 Å². The van der Waals surface area contributed by atoms with Gasteiger partial charge in [0, 0.05) is 0 Å². The molecule has 0 unspecified atom stereocenters. The third-order valence-corrected chi connectivity index (χ3v) is 2.59.